The summed E-state index contributed by atoms with van der Waals surface area (Å²) < 4.78 is 38.5. The maximum atomic E-state index is 11.3. The van der Waals surface area contributed by atoms with E-state index in [1.807, 2.05) is 14.1 Å². The molecule has 0 heterocycles. The molecule has 0 aromatic heterocycles. The molecule has 0 saturated carbocycles. The Morgan fingerprint density at radius 1 is 1.19 bits per heavy atom. The van der Waals surface area contributed by atoms with Crippen molar-refractivity contribution >= 4 is 22.3 Å². The van der Waals surface area contributed by atoms with Crippen molar-refractivity contribution in [3.8, 4) is 0 Å². The number of nitrogens with two attached hydrogens (primary N) is 1. The third-order valence-electron chi connectivity index (χ3n) is 2.51. The van der Waals surface area contributed by atoms with Gasteiger partial charge in [-0.05, 0) is 20.9 Å². The van der Waals surface area contributed by atoms with E-state index in [-0.39, 0.29) is 11.9 Å². The Morgan fingerprint density at radius 2 is 1.62 bits per heavy atom. The van der Waals surface area contributed by atoms with Crippen LogP contribution in [0.2, 0.25) is 0 Å². The topological polar surface area (TPSA) is 159 Å². The molecule has 0 spiro atoms. The maximum absolute atomic E-state index is 11.3. The van der Waals surface area contributed by atoms with Crippen LogP contribution in [0.5, 0.6) is 0 Å². The highest BCUT2D eigenvalue weighted by Crippen LogP contribution is 2.02. The van der Waals surface area contributed by atoms with Gasteiger partial charge in [0.1, 0.15) is 0 Å². The van der Waals surface area contributed by atoms with Gasteiger partial charge in [-0.1, -0.05) is 13.2 Å². The molecule has 0 aliphatic heterocycles. The fourth-order valence-corrected chi connectivity index (χ4v) is 1.28. The number of hydrogen-bond acceptors (Lipinski definition) is 7. The molecule has 10 nitrogen and oxygen atoms in total. The number of carbonyl (C=O) groups excluding carboxylic acids is 2. The number of quaternary nitrogens is 1. The Balaban J connectivity index is -0.000000645. The molecule has 0 saturated heterocycles. The van der Waals surface area contributed by atoms with Crippen molar-refractivity contribution < 1.29 is 36.3 Å². The van der Waals surface area contributed by atoms with Gasteiger partial charge in [-0.25, -0.2) is 13.2 Å². The van der Waals surface area contributed by atoms with E-state index in [1.54, 1.807) is 13.8 Å². The minimum absolute atomic E-state index is 0.126. The first-order chi connectivity index (χ1) is 11.7. The monoisotopic (exact) mass is 397 g/mol. The minimum Gasteiger partial charge on any atom is -0.726 e. The second-order valence-electron chi connectivity index (χ2n) is 5.82. The maximum Gasteiger partial charge on any atom is 0.337 e. The predicted octanol–water partition coefficient (Wildman–Crippen LogP) is -0.198. The average Bonchev–Trinajstić information content (AvgIpc) is 2.49. The van der Waals surface area contributed by atoms with Crippen LogP contribution in [0.15, 0.2) is 24.3 Å². The zero-order valence-electron chi connectivity index (χ0n) is 16.1. The van der Waals surface area contributed by atoms with Crippen LogP contribution in [0.3, 0.4) is 0 Å². The number of ether oxygens (including phenoxy) is 1. The summed E-state index contributed by atoms with van der Waals surface area (Å²) >= 11 is 0. The summed E-state index contributed by atoms with van der Waals surface area (Å²) in [7, 11) is 0.512. The Bertz CT molecular complexity index is 564. The van der Waals surface area contributed by atoms with Crippen molar-refractivity contribution in [1.29, 1.82) is 0 Å². The number of nitrogens with one attached hydrogen (secondary N) is 1. The molecular formula is C15H31N3O7S. The highest BCUT2D eigenvalue weighted by Gasteiger charge is 2.17. The first-order valence-electron chi connectivity index (χ1n) is 7.50. The standard InChI is InChI=1S/C14H24N2O3.CH5N.H2O4S/c1-11(2)13(17)15-8-7-9-16(5,6)10-19-14(18)12(3)4;1-2;1-5(2,3)4/h1,3,7-10H2,2,4-6H3;2H2,1H3;(H2,1,2,3,4). The molecule has 26 heavy (non-hydrogen) atoms. The number of hydrogen-bond donors (Lipinski definition) is 3. The van der Waals surface area contributed by atoms with E-state index in [0.717, 1.165) is 13.0 Å². The van der Waals surface area contributed by atoms with Gasteiger partial charge in [0.05, 0.1) is 20.6 Å². The highest BCUT2D eigenvalue weighted by molar-refractivity contribution is 7.79. The van der Waals surface area contributed by atoms with Gasteiger partial charge in [-0.15, -0.1) is 0 Å². The molecule has 0 rings (SSSR count). The van der Waals surface area contributed by atoms with E-state index in [2.05, 4.69) is 24.2 Å². The van der Waals surface area contributed by atoms with Crippen LogP contribution in [0.4, 0.5) is 0 Å². The van der Waals surface area contributed by atoms with Gasteiger partial charge >= 0.3 is 5.97 Å². The van der Waals surface area contributed by atoms with Crippen molar-refractivity contribution in [2.75, 3.05) is 41.0 Å². The molecule has 1 amide bonds. The SMILES string of the molecule is C=C(C)C(=O)NCCC[N+](C)(C)COC(=O)C(=C)C.CN.O=S(=O)([O-])O. The zero-order chi connectivity index (χ0) is 21.6. The molecular weight excluding hydrogens is 366 g/mol. The second-order valence-corrected chi connectivity index (χ2v) is 6.67. The molecule has 0 aromatic carbocycles. The lowest BCUT2D eigenvalue weighted by atomic mass is 10.3. The van der Waals surface area contributed by atoms with Crippen LogP contribution in [0, 0.1) is 0 Å². The molecule has 0 unspecified atom stereocenters. The normalized spacial score (nSPS) is 10.3. The summed E-state index contributed by atoms with van der Waals surface area (Å²) in [6.45, 7) is 12.1. The molecule has 0 aliphatic rings. The lowest BCUT2D eigenvalue weighted by Gasteiger charge is -2.28. The number of amides is 1. The molecule has 154 valence electrons. The van der Waals surface area contributed by atoms with Crippen LogP contribution < -0.4 is 11.1 Å². The van der Waals surface area contributed by atoms with Crippen LogP contribution in [0.25, 0.3) is 0 Å². The average molecular weight is 397 g/mol. The van der Waals surface area contributed by atoms with Crippen molar-refractivity contribution in [3.63, 3.8) is 0 Å². The van der Waals surface area contributed by atoms with Crippen LogP contribution in [-0.2, 0) is 24.7 Å². The van der Waals surface area contributed by atoms with Gasteiger partial charge < -0.3 is 20.3 Å². The van der Waals surface area contributed by atoms with Crippen molar-refractivity contribution in [2.24, 2.45) is 5.73 Å². The van der Waals surface area contributed by atoms with Gasteiger partial charge in [-0.3, -0.25) is 13.8 Å². The Morgan fingerprint density at radius 3 is 1.96 bits per heavy atom. The summed E-state index contributed by atoms with van der Waals surface area (Å²) in [5.41, 5.74) is 5.40. The van der Waals surface area contributed by atoms with Gasteiger partial charge in [0.2, 0.25) is 23.0 Å². The summed E-state index contributed by atoms with van der Waals surface area (Å²) in [4.78, 5) is 22.5. The lowest BCUT2D eigenvalue weighted by molar-refractivity contribution is -0.907. The lowest BCUT2D eigenvalue weighted by Crippen LogP contribution is -2.44. The van der Waals surface area contributed by atoms with E-state index in [1.165, 1.54) is 7.05 Å². The summed E-state index contributed by atoms with van der Waals surface area (Å²) in [6, 6.07) is 0. The van der Waals surface area contributed by atoms with Crippen molar-refractivity contribution in [2.45, 2.75) is 20.3 Å². The minimum atomic E-state index is -4.92. The van der Waals surface area contributed by atoms with Crippen LogP contribution >= 0.6 is 0 Å². The summed E-state index contributed by atoms with van der Waals surface area (Å²) in [5.74, 6) is -0.499. The number of rotatable bonds is 8. The first kappa shape index (κ1) is 29.0. The molecule has 0 fully saturated rings. The largest absolute Gasteiger partial charge is 0.726 e. The van der Waals surface area contributed by atoms with Gasteiger partial charge in [0.25, 0.3) is 0 Å². The number of carbonyl (C=O) groups is 2. The molecule has 0 atom stereocenters. The Labute approximate surface area is 155 Å². The quantitative estimate of drug-likeness (QED) is 0.0966. The fraction of sp³-hybridized carbons (Fsp3) is 0.600. The fourth-order valence-electron chi connectivity index (χ4n) is 1.28. The molecule has 4 N–H and O–H groups in total. The molecule has 0 bridgehead atoms. The van der Waals surface area contributed by atoms with Crippen LogP contribution in [0.1, 0.15) is 20.3 Å². The molecule has 0 aliphatic carbocycles. The van der Waals surface area contributed by atoms with Crippen LogP contribution in [-0.4, -0.2) is 74.8 Å². The van der Waals surface area contributed by atoms with E-state index in [4.69, 9.17) is 22.3 Å². The highest BCUT2D eigenvalue weighted by atomic mass is 32.3. The van der Waals surface area contributed by atoms with Gasteiger partial charge in [0, 0.05) is 24.1 Å². The Kier molecular flexibility index (Phi) is 16.0. The molecule has 0 aromatic rings. The zero-order valence-corrected chi connectivity index (χ0v) is 16.9. The van der Waals surface area contributed by atoms with E-state index < -0.39 is 10.4 Å². The summed E-state index contributed by atoms with van der Waals surface area (Å²) in [5, 5.41) is 2.77. The Hall–Kier alpha value is -1.79. The second kappa shape index (κ2) is 14.4. The molecule has 11 heteroatoms. The molecule has 0 radical (unpaired) electrons. The van der Waals surface area contributed by atoms with E-state index >= 15 is 0 Å². The van der Waals surface area contributed by atoms with Crippen molar-refractivity contribution in [3.05, 3.63) is 24.3 Å². The first-order valence-corrected chi connectivity index (χ1v) is 8.86. The number of nitrogens with zero attached hydrogens (tertiary/aromatic N) is 1. The van der Waals surface area contributed by atoms with E-state index in [9.17, 15) is 9.59 Å². The van der Waals surface area contributed by atoms with Gasteiger partial charge in [-0.2, -0.15) is 0 Å². The van der Waals surface area contributed by atoms with Crippen molar-refractivity contribution in [1.82, 2.24) is 5.32 Å². The van der Waals surface area contributed by atoms with Gasteiger partial charge in [0.15, 0.2) is 0 Å². The predicted molar refractivity (Wildman–Crippen MR) is 97.6 cm³/mol. The van der Waals surface area contributed by atoms with E-state index in [0.29, 0.717) is 28.9 Å². The third kappa shape index (κ3) is 24.5. The third-order valence-corrected chi connectivity index (χ3v) is 2.51. The summed E-state index contributed by atoms with van der Waals surface area (Å²) in [6.07, 6.45) is 0.802. The number of esters is 1. The smallest absolute Gasteiger partial charge is 0.337 e.